The summed E-state index contributed by atoms with van der Waals surface area (Å²) < 4.78 is 13.6. The fourth-order valence-corrected chi connectivity index (χ4v) is 4.37. The van der Waals surface area contributed by atoms with Gasteiger partial charge in [0.1, 0.15) is 6.10 Å². The van der Waals surface area contributed by atoms with Crippen LogP contribution in [0.25, 0.3) is 0 Å². The van der Waals surface area contributed by atoms with Gasteiger partial charge in [-0.15, -0.1) is 0 Å². The van der Waals surface area contributed by atoms with Crippen LogP contribution < -0.4 is 5.32 Å². The van der Waals surface area contributed by atoms with Crippen molar-refractivity contribution in [2.45, 2.75) is 89.4 Å². The molecular formula is C20H31N5O2. The molecule has 2 aliphatic rings. The van der Waals surface area contributed by atoms with Crippen LogP contribution in [-0.2, 0) is 17.7 Å². The van der Waals surface area contributed by atoms with Crippen molar-refractivity contribution in [3.8, 4) is 0 Å². The van der Waals surface area contributed by atoms with Crippen molar-refractivity contribution in [3.05, 3.63) is 29.7 Å². The third kappa shape index (κ3) is 4.24. The molecule has 1 aliphatic heterocycles. The summed E-state index contributed by atoms with van der Waals surface area (Å²) >= 11 is 0. The predicted octanol–water partition coefficient (Wildman–Crippen LogP) is 3.38. The predicted molar refractivity (Wildman–Crippen MR) is 101 cm³/mol. The quantitative estimate of drug-likeness (QED) is 0.836. The second-order valence-electron chi connectivity index (χ2n) is 7.79. The van der Waals surface area contributed by atoms with Gasteiger partial charge in [-0.1, -0.05) is 12.1 Å². The molecule has 0 spiro atoms. The zero-order valence-electron chi connectivity index (χ0n) is 16.4. The van der Waals surface area contributed by atoms with Crippen LogP contribution in [-0.4, -0.2) is 38.6 Å². The van der Waals surface area contributed by atoms with E-state index in [1.807, 2.05) is 10.9 Å². The number of hydrogen-bond acceptors (Lipinski definition) is 6. The smallest absolute Gasteiger partial charge is 0.229 e. The second-order valence-corrected chi connectivity index (χ2v) is 7.79. The molecule has 4 rings (SSSR count). The van der Waals surface area contributed by atoms with E-state index in [1.54, 1.807) is 0 Å². The molecular weight excluding hydrogens is 342 g/mol. The maximum atomic E-state index is 6.13. The van der Waals surface area contributed by atoms with E-state index in [0.29, 0.717) is 18.0 Å². The third-order valence-electron chi connectivity index (χ3n) is 5.95. The van der Waals surface area contributed by atoms with Gasteiger partial charge in [-0.3, -0.25) is 4.68 Å². The Morgan fingerprint density at radius 3 is 2.74 bits per heavy atom. The van der Waals surface area contributed by atoms with Gasteiger partial charge in [0.15, 0.2) is 5.82 Å². The highest BCUT2D eigenvalue weighted by atomic mass is 16.5. The average molecular weight is 374 g/mol. The number of rotatable bonds is 6. The van der Waals surface area contributed by atoms with E-state index in [2.05, 4.69) is 40.6 Å². The van der Waals surface area contributed by atoms with Crippen molar-refractivity contribution >= 4 is 0 Å². The molecule has 3 heterocycles. The van der Waals surface area contributed by atoms with E-state index in [1.165, 1.54) is 5.56 Å². The Bertz CT molecular complexity index is 720. The molecule has 27 heavy (non-hydrogen) atoms. The Morgan fingerprint density at radius 2 is 2.04 bits per heavy atom. The largest absolute Gasteiger partial charge is 0.372 e. The molecule has 1 saturated heterocycles. The lowest BCUT2D eigenvalue weighted by Gasteiger charge is -2.37. The molecule has 2 aromatic rings. The first kappa shape index (κ1) is 18.6. The van der Waals surface area contributed by atoms with Gasteiger partial charge in [0.25, 0.3) is 0 Å². The number of nitrogens with one attached hydrogen (secondary N) is 1. The molecule has 1 aliphatic carbocycles. The molecule has 7 heteroatoms. The highest BCUT2D eigenvalue weighted by Crippen LogP contribution is 2.34. The number of aryl methyl sites for hydroxylation is 2. The number of ether oxygens (including phenoxy) is 1. The van der Waals surface area contributed by atoms with Crippen LogP contribution in [0.3, 0.4) is 0 Å². The molecule has 2 fully saturated rings. The Balaban J connectivity index is 1.34. The van der Waals surface area contributed by atoms with E-state index < -0.39 is 0 Å². The summed E-state index contributed by atoms with van der Waals surface area (Å²) in [5.74, 6) is 2.06. The molecule has 148 valence electrons. The highest BCUT2D eigenvalue weighted by molar-refractivity contribution is 5.12. The summed E-state index contributed by atoms with van der Waals surface area (Å²) in [5, 5.41) is 12.4. The van der Waals surface area contributed by atoms with Crippen LogP contribution in [0.15, 0.2) is 16.9 Å². The summed E-state index contributed by atoms with van der Waals surface area (Å²) in [4.78, 5) is 4.53. The summed E-state index contributed by atoms with van der Waals surface area (Å²) in [6.07, 6.45) is 11.8. The molecule has 1 N–H and O–H groups in total. The minimum absolute atomic E-state index is 0.111. The molecule has 2 aromatic heterocycles. The van der Waals surface area contributed by atoms with Crippen molar-refractivity contribution < 1.29 is 9.26 Å². The van der Waals surface area contributed by atoms with Crippen molar-refractivity contribution in [3.63, 3.8) is 0 Å². The first-order chi connectivity index (χ1) is 13.3. The minimum Gasteiger partial charge on any atom is -0.372 e. The molecule has 7 nitrogen and oxygen atoms in total. The Morgan fingerprint density at radius 1 is 1.19 bits per heavy atom. The van der Waals surface area contributed by atoms with Gasteiger partial charge in [0.05, 0.1) is 6.20 Å². The summed E-state index contributed by atoms with van der Waals surface area (Å²) in [6, 6.07) is 0.898. The summed E-state index contributed by atoms with van der Waals surface area (Å²) in [5.41, 5.74) is 1.20. The van der Waals surface area contributed by atoms with Gasteiger partial charge >= 0.3 is 0 Å². The van der Waals surface area contributed by atoms with Crippen molar-refractivity contribution in [2.75, 3.05) is 6.61 Å². The Hall–Kier alpha value is -1.73. The summed E-state index contributed by atoms with van der Waals surface area (Å²) in [7, 11) is 0. The molecule has 0 unspecified atom stereocenters. The molecule has 2 atom stereocenters. The normalized spacial score (nSPS) is 29.1. The van der Waals surface area contributed by atoms with E-state index in [-0.39, 0.29) is 6.10 Å². The minimum atomic E-state index is 0.111. The van der Waals surface area contributed by atoms with Gasteiger partial charge in [-0.05, 0) is 45.4 Å². The zero-order chi connectivity index (χ0) is 18.6. The third-order valence-corrected chi connectivity index (χ3v) is 5.95. The maximum Gasteiger partial charge on any atom is 0.229 e. The van der Waals surface area contributed by atoms with E-state index >= 15 is 0 Å². The van der Waals surface area contributed by atoms with Crippen LogP contribution in [0.2, 0.25) is 0 Å². The Kier molecular flexibility index (Phi) is 5.88. The van der Waals surface area contributed by atoms with Crippen molar-refractivity contribution in [2.24, 2.45) is 0 Å². The molecule has 0 aromatic carbocycles. The molecule has 1 saturated carbocycles. The van der Waals surface area contributed by atoms with Crippen LogP contribution in [0, 0.1) is 0 Å². The summed E-state index contributed by atoms with van der Waals surface area (Å²) in [6.45, 7) is 5.90. The van der Waals surface area contributed by atoms with E-state index in [4.69, 9.17) is 9.26 Å². The molecule has 0 amide bonds. The van der Waals surface area contributed by atoms with Gasteiger partial charge in [0.2, 0.25) is 5.89 Å². The first-order valence-corrected chi connectivity index (χ1v) is 10.5. The molecule has 0 bridgehead atoms. The standard InChI is InChI=1S/C20H31N5O2/c1-3-18-23-20(27-24-18)14-7-9-16(10-8-14)22-17-6-5-11-26-19(17)15-12-21-25(4-2)13-15/h12-14,16-17,19,22H,3-11H2,1-2H3/t14?,16?,17-,19+/m0/s1. The second kappa shape index (κ2) is 8.52. The zero-order valence-corrected chi connectivity index (χ0v) is 16.4. The van der Waals surface area contributed by atoms with Gasteiger partial charge < -0.3 is 14.6 Å². The van der Waals surface area contributed by atoms with Crippen molar-refractivity contribution in [1.29, 1.82) is 0 Å². The Labute approximate surface area is 160 Å². The maximum absolute atomic E-state index is 6.13. The van der Waals surface area contributed by atoms with Crippen molar-refractivity contribution in [1.82, 2.24) is 25.2 Å². The van der Waals surface area contributed by atoms with Crippen LogP contribution in [0.5, 0.6) is 0 Å². The van der Waals surface area contributed by atoms with Crippen LogP contribution in [0.4, 0.5) is 0 Å². The van der Waals surface area contributed by atoms with Gasteiger partial charge in [0, 0.05) is 49.3 Å². The topological polar surface area (TPSA) is 78.0 Å². The lowest BCUT2D eigenvalue weighted by molar-refractivity contribution is -0.0154. The molecule has 0 radical (unpaired) electrons. The number of hydrogen-bond donors (Lipinski definition) is 1. The first-order valence-electron chi connectivity index (χ1n) is 10.5. The lowest BCUT2D eigenvalue weighted by atomic mass is 9.85. The highest BCUT2D eigenvalue weighted by Gasteiger charge is 2.32. The monoisotopic (exact) mass is 373 g/mol. The lowest BCUT2D eigenvalue weighted by Crippen LogP contribution is -2.46. The van der Waals surface area contributed by atoms with E-state index in [0.717, 1.165) is 69.8 Å². The van der Waals surface area contributed by atoms with Crippen LogP contribution >= 0.6 is 0 Å². The fraction of sp³-hybridized carbons (Fsp3) is 0.750. The number of nitrogens with zero attached hydrogens (tertiary/aromatic N) is 4. The SMILES string of the molecule is CCc1noc(C2CCC(N[C@H]3CCCO[C@@H]3c3cnn(CC)c3)CC2)n1. The van der Waals surface area contributed by atoms with E-state index in [9.17, 15) is 0 Å². The fourth-order valence-electron chi connectivity index (χ4n) is 4.37. The van der Waals surface area contributed by atoms with Gasteiger partial charge in [-0.25, -0.2) is 0 Å². The van der Waals surface area contributed by atoms with Crippen LogP contribution in [0.1, 0.15) is 81.7 Å². The number of aromatic nitrogens is 4. The van der Waals surface area contributed by atoms with Gasteiger partial charge in [-0.2, -0.15) is 10.1 Å². The average Bonchev–Trinajstić information content (AvgIpc) is 3.38.